The van der Waals surface area contributed by atoms with Gasteiger partial charge in [-0.1, -0.05) is 19.1 Å². The zero-order valence-electron chi connectivity index (χ0n) is 14.9. The summed E-state index contributed by atoms with van der Waals surface area (Å²) < 4.78 is 25.0. The van der Waals surface area contributed by atoms with Gasteiger partial charge >= 0.3 is 0 Å². The van der Waals surface area contributed by atoms with Gasteiger partial charge in [0.1, 0.15) is 5.60 Å². The molecule has 140 valence electrons. The van der Waals surface area contributed by atoms with Crippen molar-refractivity contribution in [2.24, 2.45) is 22.7 Å². The lowest BCUT2D eigenvalue weighted by Gasteiger charge is -2.48. The molecule has 0 amide bonds. The number of ether oxygens (including phenoxy) is 4. The van der Waals surface area contributed by atoms with Crippen molar-refractivity contribution in [1.82, 2.24) is 0 Å². The summed E-state index contributed by atoms with van der Waals surface area (Å²) in [5.41, 5.74) is -0.500. The van der Waals surface area contributed by atoms with E-state index < -0.39 is 28.8 Å². The van der Waals surface area contributed by atoms with Crippen LogP contribution in [-0.2, 0) is 18.9 Å². The minimum absolute atomic E-state index is 0.0336. The fraction of sp³-hybridized carbons (Fsp3) is 0.895. The summed E-state index contributed by atoms with van der Waals surface area (Å²) in [7, 11) is 0. The van der Waals surface area contributed by atoms with Crippen molar-refractivity contribution in [3.63, 3.8) is 0 Å². The van der Waals surface area contributed by atoms with Crippen LogP contribution >= 0.6 is 0 Å². The highest BCUT2D eigenvalue weighted by Crippen LogP contribution is 2.79. The van der Waals surface area contributed by atoms with E-state index in [0.717, 1.165) is 12.0 Å². The molecule has 0 bridgehead atoms. The Morgan fingerprint density at radius 3 is 2.76 bits per heavy atom. The molecule has 1 aliphatic carbocycles. The Hall–Kier alpha value is -0.500. The third-order valence-corrected chi connectivity index (χ3v) is 7.99. The molecule has 5 fully saturated rings. The van der Waals surface area contributed by atoms with E-state index >= 15 is 0 Å². The molecule has 4 saturated heterocycles. The zero-order chi connectivity index (χ0) is 17.6. The smallest absolute Gasteiger partial charge is 0.168 e. The van der Waals surface area contributed by atoms with E-state index in [-0.39, 0.29) is 37.3 Å². The number of aliphatic hydroxyl groups is 2. The van der Waals surface area contributed by atoms with E-state index in [1.54, 1.807) is 0 Å². The number of allylic oxidation sites excluding steroid dienone is 1. The molecule has 4 heterocycles. The van der Waals surface area contributed by atoms with E-state index in [4.69, 9.17) is 18.9 Å². The van der Waals surface area contributed by atoms with Crippen LogP contribution in [0.5, 0.6) is 0 Å². The summed E-state index contributed by atoms with van der Waals surface area (Å²) in [5.74, 6) is 0.169. The van der Waals surface area contributed by atoms with Crippen molar-refractivity contribution in [1.29, 1.82) is 0 Å². The van der Waals surface area contributed by atoms with Crippen LogP contribution in [0.4, 0.5) is 0 Å². The molecular weight excluding hydrogens is 324 g/mol. The first-order valence-electron chi connectivity index (χ1n) is 9.41. The normalized spacial score (nSPS) is 59.4. The van der Waals surface area contributed by atoms with Crippen molar-refractivity contribution in [3.05, 3.63) is 12.2 Å². The summed E-state index contributed by atoms with van der Waals surface area (Å²) in [6.07, 6.45) is 0.0649. The fourth-order valence-electron chi connectivity index (χ4n) is 7.12. The van der Waals surface area contributed by atoms with Crippen molar-refractivity contribution in [3.8, 4) is 0 Å². The number of aliphatic hydroxyl groups excluding tert-OH is 2. The van der Waals surface area contributed by atoms with E-state index in [0.29, 0.717) is 19.6 Å². The summed E-state index contributed by atoms with van der Waals surface area (Å²) in [4.78, 5) is 0. The third kappa shape index (κ3) is 1.56. The quantitative estimate of drug-likeness (QED) is 0.718. The summed E-state index contributed by atoms with van der Waals surface area (Å²) >= 11 is 0. The molecule has 9 atom stereocenters. The Morgan fingerprint density at radius 1 is 1.24 bits per heavy atom. The van der Waals surface area contributed by atoms with Crippen LogP contribution in [0.15, 0.2) is 12.2 Å². The Balaban J connectivity index is 1.77. The molecule has 5 aliphatic rings. The molecule has 0 radical (unpaired) electrons. The van der Waals surface area contributed by atoms with Crippen molar-refractivity contribution >= 4 is 0 Å². The number of hydrogen-bond acceptors (Lipinski definition) is 6. The molecular formula is C19H28O6. The molecule has 6 unspecified atom stereocenters. The molecule has 0 aromatic heterocycles. The maximum atomic E-state index is 11.2. The molecule has 0 aromatic rings. The number of rotatable bonds is 2. The Morgan fingerprint density at radius 2 is 2.04 bits per heavy atom. The van der Waals surface area contributed by atoms with Crippen molar-refractivity contribution in [2.45, 2.75) is 56.9 Å². The predicted octanol–water partition coefficient (Wildman–Crippen LogP) is 0.858. The second-order valence-electron chi connectivity index (χ2n) is 8.77. The third-order valence-electron chi connectivity index (χ3n) is 7.99. The molecule has 1 saturated carbocycles. The molecule has 25 heavy (non-hydrogen) atoms. The number of hydrogen-bond donors (Lipinski definition) is 2. The van der Waals surface area contributed by atoms with Crippen LogP contribution in [-0.4, -0.2) is 66.8 Å². The van der Waals surface area contributed by atoms with E-state index in [2.05, 4.69) is 13.5 Å². The Labute approximate surface area is 148 Å². The summed E-state index contributed by atoms with van der Waals surface area (Å²) in [5, 5.41) is 21.1. The van der Waals surface area contributed by atoms with Gasteiger partial charge in [0.25, 0.3) is 0 Å². The first-order chi connectivity index (χ1) is 11.9. The predicted molar refractivity (Wildman–Crippen MR) is 87.7 cm³/mol. The van der Waals surface area contributed by atoms with Crippen molar-refractivity contribution < 1.29 is 29.2 Å². The minimum atomic E-state index is -0.627. The maximum absolute atomic E-state index is 11.2. The van der Waals surface area contributed by atoms with Gasteiger partial charge in [0, 0.05) is 11.3 Å². The molecule has 4 aliphatic heterocycles. The minimum Gasteiger partial charge on any atom is -0.394 e. The fourth-order valence-corrected chi connectivity index (χ4v) is 7.12. The van der Waals surface area contributed by atoms with Crippen LogP contribution < -0.4 is 0 Å². The van der Waals surface area contributed by atoms with Crippen LogP contribution in [0.3, 0.4) is 0 Å². The highest BCUT2D eigenvalue weighted by Gasteiger charge is 2.88. The van der Waals surface area contributed by atoms with E-state index in [1.165, 1.54) is 0 Å². The lowest BCUT2D eigenvalue weighted by Crippen LogP contribution is -2.60. The SMILES string of the molecule is C=C(C)[C@@H]1CC2OCC34OC5OC[C@H](O)C51C23CC(CO)OC[C@H]4C. The van der Waals surface area contributed by atoms with Gasteiger partial charge in [-0.25, -0.2) is 0 Å². The maximum Gasteiger partial charge on any atom is 0.168 e. The highest BCUT2D eigenvalue weighted by atomic mass is 16.7. The first-order valence-corrected chi connectivity index (χ1v) is 9.41. The molecule has 5 rings (SSSR count). The topological polar surface area (TPSA) is 77.4 Å². The average molecular weight is 352 g/mol. The molecule has 6 nitrogen and oxygen atoms in total. The highest BCUT2D eigenvalue weighted by molar-refractivity contribution is 5.35. The van der Waals surface area contributed by atoms with E-state index in [1.807, 2.05) is 6.92 Å². The largest absolute Gasteiger partial charge is 0.394 e. The molecule has 6 heteroatoms. The zero-order valence-corrected chi connectivity index (χ0v) is 14.9. The summed E-state index contributed by atoms with van der Waals surface area (Å²) in [6, 6.07) is 0. The molecule has 2 spiro atoms. The van der Waals surface area contributed by atoms with E-state index in [9.17, 15) is 10.2 Å². The van der Waals surface area contributed by atoms with Gasteiger partial charge in [0.15, 0.2) is 6.29 Å². The Bertz CT molecular complexity index is 609. The summed E-state index contributed by atoms with van der Waals surface area (Å²) in [6.45, 7) is 9.63. The van der Waals surface area contributed by atoms with Crippen LogP contribution in [0, 0.1) is 22.7 Å². The average Bonchev–Trinajstić information content (AvgIpc) is 3.21. The lowest BCUT2D eigenvalue weighted by atomic mass is 9.51. The van der Waals surface area contributed by atoms with Crippen LogP contribution in [0.1, 0.15) is 26.7 Å². The first kappa shape index (κ1) is 16.7. The van der Waals surface area contributed by atoms with Gasteiger partial charge in [-0.05, 0) is 25.7 Å². The molecule has 0 aromatic carbocycles. The standard InChI is InChI=1S/C19H28O6/c1-10(2)13-4-15-17-5-12(6-20)22-7-11(3)18(17,9-24-15)25-16-19(13,17)14(21)8-23-16/h11-16,20-21H,1,4-9H2,2-3H3/t11-,12?,13+,14+,15?,16?,17?,18?,19?/m1/s1. The van der Waals surface area contributed by atoms with Crippen LogP contribution in [0.2, 0.25) is 0 Å². The van der Waals surface area contributed by atoms with Crippen molar-refractivity contribution in [2.75, 3.05) is 26.4 Å². The van der Waals surface area contributed by atoms with Gasteiger partial charge in [-0.3, -0.25) is 0 Å². The van der Waals surface area contributed by atoms with Gasteiger partial charge in [-0.15, -0.1) is 0 Å². The van der Waals surface area contributed by atoms with Gasteiger partial charge < -0.3 is 29.2 Å². The monoisotopic (exact) mass is 352 g/mol. The lowest BCUT2D eigenvalue weighted by molar-refractivity contribution is -0.194. The van der Waals surface area contributed by atoms with Gasteiger partial charge in [0.05, 0.1) is 50.2 Å². The molecule has 2 N–H and O–H groups in total. The second kappa shape index (κ2) is 5.06. The Kier molecular flexibility index (Phi) is 3.37. The van der Waals surface area contributed by atoms with Gasteiger partial charge in [-0.2, -0.15) is 0 Å². The second-order valence-corrected chi connectivity index (χ2v) is 8.77. The van der Waals surface area contributed by atoms with Crippen LogP contribution in [0.25, 0.3) is 0 Å². The van der Waals surface area contributed by atoms with Gasteiger partial charge in [0.2, 0.25) is 0 Å².